The van der Waals surface area contributed by atoms with E-state index in [2.05, 4.69) is 0 Å². The summed E-state index contributed by atoms with van der Waals surface area (Å²) >= 11 is 0. The first kappa shape index (κ1) is 14.3. The highest BCUT2D eigenvalue weighted by Crippen LogP contribution is 2.16. The molecule has 2 heteroatoms. The van der Waals surface area contributed by atoms with Gasteiger partial charge in [-0.15, -0.1) is 0 Å². The fourth-order valence-corrected chi connectivity index (χ4v) is 1.35. The van der Waals surface area contributed by atoms with Crippen LogP contribution in [0.3, 0.4) is 0 Å². The molecule has 0 atom stereocenters. The number of halogens is 1. The molecule has 0 heterocycles. The van der Waals surface area contributed by atoms with E-state index in [0.29, 0.717) is 7.18 Å². The summed E-state index contributed by atoms with van der Waals surface area (Å²) in [4.78, 5) is 10.6. The van der Waals surface area contributed by atoms with Crippen LogP contribution in [0, 0.1) is 0 Å². The number of rotatable bonds is 1. The maximum atomic E-state index is 10.6. The topological polar surface area (TPSA) is 17.1 Å². The molecule has 0 saturated heterocycles. The normalized spacial score (nSPS) is 8.25. The molecule has 0 aromatic heterocycles. The molecule has 0 radical (unpaired) electrons. The van der Waals surface area contributed by atoms with Crippen molar-refractivity contribution < 1.29 is 9.18 Å². The van der Waals surface area contributed by atoms with Gasteiger partial charge in [0.2, 0.25) is 0 Å². The third-order valence-electron chi connectivity index (χ3n) is 1.95. The number of hydrogen-bond donors (Lipinski definition) is 0. The number of carbonyl (C=O) groups is 1. The fraction of sp³-hybridized carbons (Fsp3) is 0.214. The summed E-state index contributed by atoms with van der Waals surface area (Å²) in [6.45, 7) is 4.00. The second kappa shape index (κ2) is 8.60. The second-order valence-electron chi connectivity index (χ2n) is 2.69. The van der Waals surface area contributed by atoms with Crippen molar-refractivity contribution in [3.8, 4) is 0 Å². The van der Waals surface area contributed by atoms with Gasteiger partial charge in [-0.05, 0) is 10.8 Å². The fourth-order valence-electron chi connectivity index (χ4n) is 1.35. The van der Waals surface area contributed by atoms with Gasteiger partial charge in [0.25, 0.3) is 0 Å². The van der Waals surface area contributed by atoms with Crippen LogP contribution in [0.25, 0.3) is 10.8 Å². The van der Waals surface area contributed by atoms with Crippen LogP contribution >= 0.6 is 0 Å². The van der Waals surface area contributed by atoms with E-state index in [4.69, 9.17) is 0 Å². The number of aldehydes is 1. The Hall–Kier alpha value is -1.70. The lowest BCUT2D eigenvalue weighted by atomic mass is 10.1. The van der Waals surface area contributed by atoms with Gasteiger partial charge in [-0.2, -0.15) is 0 Å². The zero-order valence-corrected chi connectivity index (χ0v) is 9.91. The summed E-state index contributed by atoms with van der Waals surface area (Å²) in [7, 11) is 0.500. The predicted molar refractivity (Wildman–Crippen MR) is 67.7 cm³/mol. The van der Waals surface area contributed by atoms with E-state index >= 15 is 0 Å². The van der Waals surface area contributed by atoms with Crippen LogP contribution in [0.5, 0.6) is 0 Å². The maximum absolute atomic E-state index is 10.6. The number of fused-ring (bicyclic) bond motifs is 1. The minimum atomic E-state index is 0.500. The molecule has 0 aliphatic heterocycles. The lowest BCUT2D eigenvalue weighted by Gasteiger charge is -1.98. The van der Waals surface area contributed by atoms with E-state index in [0.717, 1.165) is 22.6 Å². The van der Waals surface area contributed by atoms with Gasteiger partial charge in [0, 0.05) is 5.56 Å². The van der Waals surface area contributed by atoms with Crippen LogP contribution in [-0.2, 0) is 0 Å². The quantitative estimate of drug-likeness (QED) is 0.656. The Labute approximate surface area is 95.9 Å². The van der Waals surface area contributed by atoms with Crippen molar-refractivity contribution in [3.05, 3.63) is 48.0 Å². The number of benzene rings is 2. The van der Waals surface area contributed by atoms with Crippen molar-refractivity contribution in [1.82, 2.24) is 0 Å². The molecule has 16 heavy (non-hydrogen) atoms. The molecule has 0 aliphatic carbocycles. The zero-order valence-electron chi connectivity index (χ0n) is 9.91. The molecule has 0 fully saturated rings. The highest BCUT2D eigenvalue weighted by molar-refractivity contribution is 5.97. The first-order valence-electron chi connectivity index (χ1n) is 5.22. The summed E-state index contributed by atoms with van der Waals surface area (Å²) in [6, 6.07) is 13.6. The molecule has 0 saturated carbocycles. The number of carbonyl (C=O) groups excluding carboxylic acids is 1. The van der Waals surface area contributed by atoms with Crippen molar-refractivity contribution in [2.24, 2.45) is 0 Å². The van der Waals surface area contributed by atoms with Crippen molar-refractivity contribution in [2.45, 2.75) is 13.8 Å². The molecule has 0 bridgehead atoms. The van der Waals surface area contributed by atoms with Crippen LogP contribution in [0.4, 0.5) is 4.39 Å². The van der Waals surface area contributed by atoms with Gasteiger partial charge >= 0.3 is 0 Å². The van der Waals surface area contributed by atoms with E-state index in [1.54, 1.807) is 0 Å². The monoisotopic (exact) mass is 220 g/mol. The first-order valence-corrected chi connectivity index (χ1v) is 5.22. The number of hydrogen-bond acceptors (Lipinski definition) is 1. The molecular formula is C14H17FO. The molecule has 2 rings (SSSR count). The third-order valence-corrected chi connectivity index (χ3v) is 1.95. The third kappa shape index (κ3) is 3.46. The van der Waals surface area contributed by atoms with Crippen LogP contribution in [0.1, 0.15) is 24.2 Å². The van der Waals surface area contributed by atoms with Crippen molar-refractivity contribution in [3.63, 3.8) is 0 Å². The van der Waals surface area contributed by atoms with Crippen LogP contribution in [0.15, 0.2) is 42.5 Å². The van der Waals surface area contributed by atoms with Crippen molar-refractivity contribution in [1.29, 1.82) is 0 Å². The van der Waals surface area contributed by atoms with Crippen molar-refractivity contribution >= 4 is 17.1 Å². The Balaban J connectivity index is 0.000000509. The summed E-state index contributed by atoms with van der Waals surface area (Å²) in [6.07, 6.45) is 0.891. The molecule has 0 spiro atoms. The lowest BCUT2D eigenvalue weighted by molar-refractivity contribution is 0.112. The van der Waals surface area contributed by atoms with Crippen LogP contribution in [-0.4, -0.2) is 13.5 Å². The Morgan fingerprint density at radius 3 is 2.12 bits per heavy atom. The molecule has 1 nitrogen and oxygen atoms in total. The summed E-state index contributed by atoms with van der Waals surface area (Å²) in [5.74, 6) is 0. The maximum Gasteiger partial charge on any atom is 0.150 e. The van der Waals surface area contributed by atoms with Gasteiger partial charge in [-0.3, -0.25) is 9.18 Å². The minimum Gasteiger partial charge on any atom is -0.298 e. The Kier molecular flexibility index (Phi) is 7.68. The molecule has 0 aliphatic rings. The molecular weight excluding hydrogens is 203 g/mol. The highest BCUT2D eigenvalue weighted by Gasteiger charge is 1.96. The molecule has 0 N–H and O–H groups in total. The van der Waals surface area contributed by atoms with Gasteiger partial charge in [0.15, 0.2) is 6.29 Å². The minimum absolute atomic E-state index is 0.500. The second-order valence-corrected chi connectivity index (χ2v) is 2.69. The van der Waals surface area contributed by atoms with E-state index < -0.39 is 0 Å². The van der Waals surface area contributed by atoms with E-state index in [9.17, 15) is 9.18 Å². The Morgan fingerprint density at radius 1 is 0.938 bits per heavy atom. The average molecular weight is 220 g/mol. The van der Waals surface area contributed by atoms with Gasteiger partial charge in [0.05, 0.1) is 7.18 Å². The number of alkyl halides is 1. The van der Waals surface area contributed by atoms with Gasteiger partial charge in [-0.25, -0.2) is 0 Å². The van der Waals surface area contributed by atoms with E-state index in [1.165, 1.54) is 0 Å². The standard InChI is InChI=1S/C11H8O.C2H6.CH3F/c12-8-10-6-3-5-9-4-1-2-7-11(9)10;2*1-2/h1-8H;1-2H3;1H3. The Bertz CT molecular complexity index is 419. The summed E-state index contributed by atoms with van der Waals surface area (Å²) in [5.41, 5.74) is 0.758. The lowest BCUT2D eigenvalue weighted by Crippen LogP contribution is -1.81. The molecule has 86 valence electrons. The zero-order chi connectivity index (χ0) is 12.4. The average Bonchev–Trinajstić information content (AvgIpc) is 2.42. The first-order chi connectivity index (χ1) is 7.92. The Morgan fingerprint density at radius 2 is 1.50 bits per heavy atom. The van der Waals surface area contributed by atoms with Crippen LogP contribution < -0.4 is 0 Å². The van der Waals surface area contributed by atoms with Gasteiger partial charge in [-0.1, -0.05) is 56.3 Å². The van der Waals surface area contributed by atoms with Gasteiger partial charge in [0.1, 0.15) is 0 Å². The SMILES string of the molecule is CC.CF.O=Cc1cccc2ccccc12. The predicted octanol–water partition coefficient (Wildman–Crippen LogP) is 4.26. The van der Waals surface area contributed by atoms with Gasteiger partial charge < -0.3 is 0 Å². The highest BCUT2D eigenvalue weighted by atomic mass is 19.1. The van der Waals surface area contributed by atoms with E-state index in [1.807, 2.05) is 56.3 Å². The molecule has 0 unspecified atom stereocenters. The summed E-state index contributed by atoms with van der Waals surface area (Å²) in [5, 5.41) is 2.14. The van der Waals surface area contributed by atoms with Crippen molar-refractivity contribution in [2.75, 3.05) is 7.18 Å². The molecule has 0 amide bonds. The smallest absolute Gasteiger partial charge is 0.150 e. The van der Waals surface area contributed by atoms with Crippen LogP contribution in [0.2, 0.25) is 0 Å². The molecule has 2 aromatic carbocycles. The molecule has 2 aromatic rings. The summed E-state index contributed by atoms with van der Waals surface area (Å²) < 4.78 is 9.50. The van der Waals surface area contributed by atoms with E-state index in [-0.39, 0.29) is 0 Å². The largest absolute Gasteiger partial charge is 0.298 e.